The van der Waals surface area contributed by atoms with Gasteiger partial charge in [0.15, 0.2) is 0 Å². The number of ether oxygens (including phenoxy) is 3. The lowest BCUT2D eigenvalue weighted by atomic mass is 10.1. The number of hydrogen-bond acceptors (Lipinski definition) is 8. The second kappa shape index (κ2) is 7.56. The summed E-state index contributed by atoms with van der Waals surface area (Å²) < 4.78 is 75.2. The summed E-state index contributed by atoms with van der Waals surface area (Å²) in [5, 5.41) is 0. The van der Waals surface area contributed by atoms with E-state index >= 15 is 0 Å². The van der Waals surface area contributed by atoms with Crippen molar-refractivity contribution in [3.63, 3.8) is 0 Å². The van der Waals surface area contributed by atoms with Gasteiger partial charge in [-0.3, -0.25) is 0 Å². The maximum absolute atomic E-state index is 12.6. The number of benzene rings is 1. The average molecular weight is 409 g/mol. The van der Waals surface area contributed by atoms with Crippen molar-refractivity contribution >= 4 is 27.5 Å². The van der Waals surface area contributed by atoms with Gasteiger partial charge in [0, 0.05) is 5.69 Å². The smallest absolute Gasteiger partial charge is 0.466 e. The van der Waals surface area contributed by atoms with Gasteiger partial charge in [0.05, 0.1) is 31.3 Å². The Morgan fingerprint density at radius 3 is 2.11 bits per heavy atom. The number of esters is 2. The van der Waals surface area contributed by atoms with Gasteiger partial charge >= 0.3 is 17.4 Å². The summed E-state index contributed by atoms with van der Waals surface area (Å²) in [5.41, 5.74) is -5.71. The molecule has 12 heteroatoms. The molecule has 0 aromatic heterocycles. The van der Waals surface area contributed by atoms with Crippen molar-refractivity contribution in [1.29, 1.82) is 0 Å². The standard InChI is InChI=1S/C15H14F3NO7S/c1-24-13(20)11-7-26-8-19(12(11)14(21)25-2)9-3-5-10(6-4-9)27(22,23)15(16,17)18/h3-6H,7-8H2,1-2H3. The predicted octanol–water partition coefficient (Wildman–Crippen LogP) is 1.37. The molecule has 2 rings (SSSR count). The van der Waals surface area contributed by atoms with E-state index in [9.17, 15) is 31.2 Å². The van der Waals surface area contributed by atoms with Crippen LogP contribution in [-0.2, 0) is 33.6 Å². The molecule has 148 valence electrons. The molecule has 27 heavy (non-hydrogen) atoms. The summed E-state index contributed by atoms with van der Waals surface area (Å²) in [6.45, 7) is -0.468. The first-order valence-electron chi connectivity index (χ1n) is 7.21. The lowest BCUT2D eigenvalue weighted by molar-refractivity contribution is -0.140. The van der Waals surface area contributed by atoms with Crippen LogP contribution < -0.4 is 4.90 Å². The fourth-order valence-electron chi connectivity index (χ4n) is 2.29. The molecule has 0 amide bonds. The minimum Gasteiger partial charge on any atom is -0.466 e. The first-order chi connectivity index (χ1) is 12.5. The Kier molecular flexibility index (Phi) is 5.80. The molecule has 0 unspecified atom stereocenters. The van der Waals surface area contributed by atoms with Gasteiger partial charge in [0.2, 0.25) is 0 Å². The maximum Gasteiger partial charge on any atom is 0.501 e. The zero-order valence-electron chi connectivity index (χ0n) is 14.1. The summed E-state index contributed by atoms with van der Waals surface area (Å²) in [5.74, 6) is -1.75. The molecular weight excluding hydrogens is 395 g/mol. The molecule has 1 aromatic rings. The molecule has 1 aliphatic heterocycles. The number of carbonyl (C=O) groups is 2. The van der Waals surface area contributed by atoms with E-state index in [2.05, 4.69) is 9.47 Å². The fourth-order valence-corrected chi connectivity index (χ4v) is 3.05. The Bertz CT molecular complexity index is 876. The molecule has 0 fully saturated rings. The first kappa shape index (κ1) is 20.7. The van der Waals surface area contributed by atoms with Crippen LogP contribution in [-0.4, -0.2) is 53.4 Å². The molecule has 0 N–H and O–H groups in total. The summed E-state index contributed by atoms with van der Waals surface area (Å²) in [4.78, 5) is 24.2. The van der Waals surface area contributed by atoms with E-state index < -0.39 is 32.2 Å². The minimum atomic E-state index is -5.51. The summed E-state index contributed by atoms with van der Waals surface area (Å²) in [7, 11) is -3.34. The highest BCUT2D eigenvalue weighted by Gasteiger charge is 2.46. The fraction of sp³-hybridized carbons (Fsp3) is 0.333. The SMILES string of the molecule is COC(=O)C1=C(C(=O)OC)N(c2ccc(S(=O)(=O)C(F)(F)F)cc2)COC1. The Balaban J connectivity index is 2.50. The number of rotatable bonds is 4. The van der Waals surface area contributed by atoms with Crippen molar-refractivity contribution in [3.05, 3.63) is 35.5 Å². The van der Waals surface area contributed by atoms with Gasteiger partial charge in [-0.2, -0.15) is 13.2 Å². The van der Waals surface area contributed by atoms with Crippen molar-refractivity contribution in [1.82, 2.24) is 0 Å². The van der Waals surface area contributed by atoms with E-state index in [1.165, 1.54) is 0 Å². The third-order valence-corrected chi connectivity index (χ3v) is 5.10. The molecule has 1 aliphatic rings. The van der Waals surface area contributed by atoms with Crippen molar-refractivity contribution in [2.45, 2.75) is 10.4 Å². The van der Waals surface area contributed by atoms with Crippen LogP contribution in [0.2, 0.25) is 0 Å². The third kappa shape index (κ3) is 3.90. The number of methoxy groups -OCH3 is 2. The van der Waals surface area contributed by atoms with Crippen LogP contribution in [0.25, 0.3) is 0 Å². The van der Waals surface area contributed by atoms with Crippen molar-refractivity contribution in [2.24, 2.45) is 0 Å². The van der Waals surface area contributed by atoms with Crippen LogP contribution in [0, 0.1) is 0 Å². The summed E-state index contributed by atoms with van der Waals surface area (Å²) in [6.07, 6.45) is 0. The zero-order valence-corrected chi connectivity index (χ0v) is 14.9. The zero-order chi connectivity index (χ0) is 20.4. The number of nitrogens with zero attached hydrogens (tertiary/aromatic N) is 1. The molecule has 0 radical (unpaired) electrons. The van der Waals surface area contributed by atoms with Gasteiger partial charge in [-0.1, -0.05) is 0 Å². The van der Waals surface area contributed by atoms with E-state index in [-0.39, 0.29) is 30.3 Å². The number of anilines is 1. The van der Waals surface area contributed by atoms with Gasteiger partial charge in [-0.25, -0.2) is 18.0 Å². The molecule has 0 spiro atoms. The second-order valence-electron chi connectivity index (χ2n) is 5.16. The van der Waals surface area contributed by atoms with Crippen LogP contribution in [0.4, 0.5) is 18.9 Å². The molecule has 0 aliphatic carbocycles. The van der Waals surface area contributed by atoms with Crippen LogP contribution in [0.3, 0.4) is 0 Å². The highest BCUT2D eigenvalue weighted by Crippen LogP contribution is 2.32. The lowest BCUT2D eigenvalue weighted by Gasteiger charge is -2.31. The van der Waals surface area contributed by atoms with Gasteiger partial charge in [-0.15, -0.1) is 0 Å². The molecule has 1 heterocycles. The Labute approximate surface area is 152 Å². The number of hydrogen-bond donors (Lipinski definition) is 0. The highest BCUT2D eigenvalue weighted by molar-refractivity contribution is 7.92. The number of alkyl halides is 3. The minimum absolute atomic E-state index is 0.109. The lowest BCUT2D eigenvalue weighted by Crippen LogP contribution is -2.38. The Hall–Kier alpha value is -2.60. The summed E-state index contributed by atoms with van der Waals surface area (Å²) >= 11 is 0. The largest absolute Gasteiger partial charge is 0.501 e. The van der Waals surface area contributed by atoms with Crippen molar-refractivity contribution in [2.75, 3.05) is 32.5 Å². The van der Waals surface area contributed by atoms with E-state index in [0.717, 1.165) is 43.4 Å². The molecular formula is C15H14F3NO7S. The number of sulfone groups is 1. The van der Waals surface area contributed by atoms with Gasteiger partial charge in [0.25, 0.3) is 9.84 Å². The molecule has 1 aromatic carbocycles. The van der Waals surface area contributed by atoms with E-state index in [1.807, 2.05) is 0 Å². The van der Waals surface area contributed by atoms with Crippen LogP contribution in [0.5, 0.6) is 0 Å². The van der Waals surface area contributed by atoms with Crippen LogP contribution in [0.15, 0.2) is 40.4 Å². The number of halogens is 3. The van der Waals surface area contributed by atoms with Gasteiger partial charge in [-0.05, 0) is 24.3 Å². The Morgan fingerprint density at radius 2 is 1.63 bits per heavy atom. The van der Waals surface area contributed by atoms with Crippen molar-refractivity contribution < 1.29 is 45.4 Å². The second-order valence-corrected chi connectivity index (χ2v) is 7.10. The van der Waals surface area contributed by atoms with Gasteiger partial charge < -0.3 is 19.1 Å². The van der Waals surface area contributed by atoms with Gasteiger partial charge in [0.1, 0.15) is 12.4 Å². The topological polar surface area (TPSA) is 99.2 Å². The molecule has 0 bridgehead atoms. The highest BCUT2D eigenvalue weighted by atomic mass is 32.2. The monoisotopic (exact) mass is 409 g/mol. The average Bonchev–Trinajstić information content (AvgIpc) is 2.65. The first-order valence-corrected chi connectivity index (χ1v) is 8.69. The quantitative estimate of drug-likeness (QED) is 0.688. The molecule has 0 saturated heterocycles. The third-order valence-electron chi connectivity index (χ3n) is 3.60. The molecule has 0 saturated carbocycles. The van der Waals surface area contributed by atoms with E-state index in [0.29, 0.717) is 0 Å². The van der Waals surface area contributed by atoms with Crippen LogP contribution in [0.1, 0.15) is 0 Å². The summed E-state index contributed by atoms with van der Waals surface area (Å²) in [6, 6.07) is 3.56. The maximum atomic E-state index is 12.6. The Morgan fingerprint density at radius 1 is 1.07 bits per heavy atom. The molecule has 8 nitrogen and oxygen atoms in total. The molecule has 0 atom stereocenters. The van der Waals surface area contributed by atoms with Crippen molar-refractivity contribution in [3.8, 4) is 0 Å². The van der Waals surface area contributed by atoms with E-state index in [1.54, 1.807) is 0 Å². The normalized spacial score (nSPS) is 15.5. The van der Waals surface area contributed by atoms with Crippen LogP contribution >= 0.6 is 0 Å². The number of carbonyl (C=O) groups excluding carboxylic acids is 2. The predicted molar refractivity (Wildman–Crippen MR) is 84.0 cm³/mol. The van der Waals surface area contributed by atoms with E-state index in [4.69, 9.17) is 4.74 Å².